The summed E-state index contributed by atoms with van der Waals surface area (Å²) in [6.45, 7) is 0. The molecule has 0 saturated heterocycles. The average molecular weight is 259 g/mol. The van der Waals surface area contributed by atoms with Gasteiger partial charge in [-0.25, -0.2) is 8.78 Å². The SMILES string of the molecule is CNc1cn(C2CCC(OC)CC2)nc1C(F)F. The highest BCUT2D eigenvalue weighted by Crippen LogP contribution is 2.32. The summed E-state index contributed by atoms with van der Waals surface area (Å²) in [5, 5.41) is 6.79. The molecular formula is C12H19F2N3O. The molecule has 1 heterocycles. The third-order valence-electron chi connectivity index (χ3n) is 3.59. The number of hydrogen-bond donors (Lipinski definition) is 1. The normalized spacial score (nSPS) is 24.5. The maximum Gasteiger partial charge on any atom is 0.284 e. The zero-order valence-corrected chi connectivity index (χ0v) is 10.7. The van der Waals surface area contributed by atoms with Gasteiger partial charge < -0.3 is 10.1 Å². The molecule has 2 rings (SSSR count). The molecule has 4 nitrogen and oxygen atoms in total. The van der Waals surface area contributed by atoms with Crippen LogP contribution in [0.15, 0.2) is 6.20 Å². The zero-order chi connectivity index (χ0) is 13.1. The second-order valence-corrected chi connectivity index (χ2v) is 4.62. The van der Waals surface area contributed by atoms with Crippen LogP contribution in [0.1, 0.15) is 43.8 Å². The van der Waals surface area contributed by atoms with E-state index in [1.807, 2.05) is 0 Å². The first-order chi connectivity index (χ1) is 8.65. The fraction of sp³-hybridized carbons (Fsp3) is 0.750. The van der Waals surface area contributed by atoms with E-state index in [-0.39, 0.29) is 11.7 Å². The van der Waals surface area contributed by atoms with Gasteiger partial charge >= 0.3 is 0 Å². The average Bonchev–Trinajstić information content (AvgIpc) is 2.83. The first-order valence-electron chi connectivity index (χ1n) is 6.23. The van der Waals surface area contributed by atoms with Crippen molar-refractivity contribution in [3.63, 3.8) is 0 Å². The third-order valence-corrected chi connectivity index (χ3v) is 3.59. The molecule has 0 aliphatic heterocycles. The molecule has 6 heteroatoms. The molecule has 0 radical (unpaired) electrons. The molecule has 1 aliphatic rings. The number of rotatable bonds is 4. The minimum atomic E-state index is -2.54. The molecule has 0 aromatic carbocycles. The van der Waals surface area contributed by atoms with Crippen molar-refractivity contribution in [1.29, 1.82) is 0 Å². The monoisotopic (exact) mass is 259 g/mol. The van der Waals surface area contributed by atoms with E-state index in [9.17, 15) is 8.78 Å². The Labute approximate surface area is 105 Å². The predicted molar refractivity (Wildman–Crippen MR) is 65.0 cm³/mol. The van der Waals surface area contributed by atoms with Gasteiger partial charge in [0.15, 0.2) is 5.69 Å². The lowest BCUT2D eigenvalue weighted by Gasteiger charge is -2.27. The molecule has 1 aromatic rings. The molecule has 18 heavy (non-hydrogen) atoms. The van der Waals surface area contributed by atoms with Gasteiger partial charge in [0.1, 0.15) is 0 Å². The smallest absolute Gasteiger partial charge is 0.284 e. The highest BCUT2D eigenvalue weighted by Gasteiger charge is 2.25. The summed E-state index contributed by atoms with van der Waals surface area (Å²) in [5.74, 6) is 0. The van der Waals surface area contributed by atoms with Gasteiger partial charge in [0.05, 0.1) is 17.8 Å². The molecule has 1 saturated carbocycles. The van der Waals surface area contributed by atoms with Gasteiger partial charge in [-0.1, -0.05) is 0 Å². The molecule has 1 N–H and O–H groups in total. The number of halogens is 2. The van der Waals surface area contributed by atoms with Gasteiger partial charge in [0, 0.05) is 20.4 Å². The molecule has 0 unspecified atom stereocenters. The number of anilines is 1. The Morgan fingerprint density at radius 2 is 2.06 bits per heavy atom. The van der Waals surface area contributed by atoms with Crippen LogP contribution < -0.4 is 5.32 Å². The minimum Gasteiger partial charge on any atom is -0.385 e. The molecule has 0 spiro atoms. The minimum absolute atomic E-state index is 0.161. The fourth-order valence-corrected chi connectivity index (χ4v) is 2.49. The topological polar surface area (TPSA) is 39.1 Å². The predicted octanol–water partition coefficient (Wildman–Crippen LogP) is 2.99. The molecule has 102 valence electrons. The third kappa shape index (κ3) is 2.63. The van der Waals surface area contributed by atoms with E-state index in [0.717, 1.165) is 25.7 Å². The largest absolute Gasteiger partial charge is 0.385 e. The molecule has 1 aromatic heterocycles. The summed E-state index contributed by atoms with van der Waals surface area (Å²) in [4.78, 5) is 0. The van der Waals surface area contributed by atoms with Gasteiger partial charge in [-0.3, -0.25) is 4.68 Å². The quantitative estimate of drug-likeness (QED) is 0.903. The van der Waals surface area contributed by atoms with Crippen LogP contribution in [0.2, 0.25) is 0 Å². The molecule has 1 fully saturated rings. The summed E-state index contributed by atoms with van der Waals surface area (Å²) >= 11 is 0. The van der Waals surface area contributed by atoms with Gasteiger partial charge in [0.2, 0.25) is 0 Å². The van der Waals surface area contributed by atoms with Crippen LogP contribution in [-0.2, 0) is 4.74 Å². The molecule has 0 atom stereocenters. The second kappa shape index (κ2) is 5.65. The van der Waals surface area contributed by atoms with E-state index in [4.69, 9.17) is 4.74 Å². The Hall–Kier alpha value is -1.17. The van der Waals surface area contributed by atoms with Crippen LogP contribution in [0.4, 0.5) is 14.5 Å². The van der Waals surface area contributed by atoms with Crippen molar-refractivity contribution in [3.05, 3.63) is 11.9 Å². The number of hydrogen-bond acceptors (Lipinski definition) is 3. The molecule has 0 amide bonds. The fourth-order valence-electron chi connectivity index (χ4n) is 2.49. The van der Waals surface area contributed by atoms with Crippen LogP contribution in [0.3, 0.4) is 0 Å². The lowest BCUT2D eigenvalue weighted by Crippen LogP contribution is -2.23. The molecular weight excluding hydrogens is 240 g/mol. The Morgan fingerprint density at radius 1 is 1.39 bits per heavy atom. The summed E-state index contributed by atoms with van der Waals surface area (Å²) in [6.07, 6.45) is 3.20. The maximum atomic E-state index is 12.8. The number of nitrogens with zero attached hydrogens (tertiary/aromatic N) is 2. The van der Waals surface area contributed by atoms with Crippen LogP contribution in [-0.4, -0.2) is 30.0 Å². The number of alkyl halides is 2. The zero-order valence-electron chi connectivity index (χ0n) is 10.7. The Kier molecular flexibility index (Phi) is 4.16. The van der Waals surface area contributed by atoms with Gasteiger partial charge in [-0.2, -0.15) is 5.10 Å². The van der Waals surface area contributed by atoms with Gasteiger partial charge in [0.25, 0.3) is 6.43 Å². The second-order valence-electron chi connectivity index (χ2n) is 4.62. The van der Waals surface area contributed by atoms with Crippen LogP contribution in [0, 0.1) is 0 Å². The van der Waals surface area contributed by atoms with E-state index in [0.29, 0.717) is 11.8 Å². The van der Waals surface area contributed by atoms with E-state index < -0.39 is 6.43 Å². The van der Waals surface area contributed by atoms with Gasteiger partial charge in [-0.15, -0.1) is 0 Å². The number of aromatic nitrogens is 2. The highest BCUT2D eigenvalue weighted by molar-refractivity contribution is 5.46. The highest BCUT2D eigenvalue weighted by atomic mass is 19.3. The van der Waals surface area contributed by atoms with E-state index in [2.05, 4.69) is 10.4 Å². The van der Waals surface area contributed by atoms with Gasteiger partial charge in [-0.05, 0) is 25.7 Å². The van der Waals surface area contributed by atoms with Crippen LogP contribution in [0.5, 0.6) is 0 Å². The number of nitrogens with one attached hydrogen (secondary N) is 1. The first-order valence-corrected chi connectivity index (χ1v) is 6.23. The lowest BCUT2D eigenvalue weighted by molar-refractivity contribution is 0.0564. The molecule has 1 aliphatic carbocycles. The van der Waals surface area contributed by atoms with Crippen molar-refractivity contribution in [1.82, 2.24) is 9.78 Å². The Bertz CT molecular complexity index is 387. The first kappa shape index (κ1) is 13.3. The summed E-state index contributed by atoms with van der Waals surface area (Å²) in [6, 6.07) is 0.205. The number of ether oxygens (including phenoxy) is 1. The lowest BCUT2D eigenvalue weighted by atomic mass is 9.93. The van der Waals surface area contributed by atoms with Crippen molar-refractivity contribution in [2.45, 2.75) is 44.3 Å². The molecule has 0 bridgehead atoms. The summed E-state index contributed by atoms with van der Waals surface area (Å²) < 4.78 is 32.5. The summed E-state index contributed by atoms with van der Waals surface area (Å²) in [5.41, 5.74) is 0.255. The van der Waals surface area contributed by atoms with E-state index >= 15 is 0 Å². The standard InChI is InChI=1S/C12H19F2N3O/c1-15-10-7-17(16-11(10)12(13)14)8-3-5-9(18-2)6-4-8/h7-9,12,15H,3-6H2,1-2H3. The Morgan fingerprint density at radius 3 is 2.50 bits per heavy atom. The van der Waals surface area contributed by atoms with Crippen molar-refractivity contribution in [2.24, 2.45) is 0 Å². The summed E-state index contributed by atoms with van der Waals surface area (Å²) in [7, 11) is 3.35. The van der Waals surface area contributed by atoms with Crippen LogP contribution >= 0.6 is 0 Å². The van der Waals surface area contributed by atoms with Crippen molar-refractivity contribution in [2.75, 3.05) is 19.5 Å². The van der Waals surface area contributed by atoms with E-state index in [1.165, 1.54) is 0 Å². The maximum absolute atomic E-state index is 12.8. The van der Waals surface area contributed by atoms with Crippen molar-refractivity contribution < 1.29 is 13.5 Å². The Balaban J connectivity index is 2.10. The van der Waals surface area contributed by atoms with Crippen molar-refractivity contribution >= 4 is 5.69 Å². The number of methoxy groups -OCH3 is 1. The van der Waals surface area contributed by atoms with E-state index in [1.54, 1.807) is 25.0 Å². The van der Waals surface area contributed by atoms with Crippen molar-refractivity contribution in [3.8, 4) is 0 Å². The van der Waals surface area contributed by atoms with Crippen LogP contribution in [0.25, 0.3) is 0 Å².